The van der Waals surface area contributed by atoms with Crippen LogP contribution >= 0.6 is 0 Å². The van der Waals surface area contributed by atoms with Gasteiger partial charge in [-0.25, -0.2) is 4.98 Å². The lowest BCUT2D eigenvalue weighted by atomic mass is 10.00. The van der Waals surface area contributed by atoms with E-state index in [0.29, 0.717) is 6.04 Å². The molecule has 1 aliphatic carbocycles. The highest BCUT2D eigenvalue weighted by atomic mass is 15.3. The average Bonchev–Trinajstić information content (AvgIpc) is 3.24. The molecular weight excluding hydrogens is 260 g/mol. The Kier molecular flexibility index (Phi) is 3.66. The molecular formula is C17H26N4. The summed E-state index contributed by atoms with van der Waals surface area (Å²) in [7, 11) is 2.16. The van der Waals surface area contributed by atoms with Gasteiger partial charge in [0, 0.05) is 31.4 Å². The van der Waals surface area contributed by atoms with E-state index in [1.54, 1.807) is 0 Å². The molecule has 1 fully saturated rings. The third kappa shape index (κ3) is 2.77. The van der Waals surface area contributed by atoms with E-state index in [-0.39, 0.29) is 5.54 Å². The van der Waals surface area contributed by atoms with Crippen molar-refractivity contribution in [3.63, 3.8) is 0 Å². The Hall–Kier alpha value is -1.55. The van der Waals surface area contributed by atoms with Crippen LogP contribution in [0.25, 0.3) is 5.65 Å². The van der Waals surface area contributed by atoms with Crippen molar-refractivity contribution in [1.82, 2.24) is 14.7 Å². The summed E-state index contributed by atoms with van der Waals surface area (Å²) < 4.78 is 2.22. The Morgan fingerprint density at radius 3 is 2.81 bits per heavy atom. The number of fused-ring (bicyclic) bond motifs is 1. The molecule has 4 nitrogen and oxygen atoms in total. The van der Waals surface area contributed by atoms with Gasteiger partial charge < -0.3 is 14.6 Å². The molecule has 0 spiro atoms. The summed E-state index contributed by atoms with van der Waals surface area (Å²) >= 11 is 0. The molecule has 0 bridgehead atoms. The summed E-state index contributed by atoms with van der Waals surface area (Å²) in [6.07, 6.45) is 5.82. The van der Waals surface area contributed by atoms with E-state index in [2.05, 4.69) is 66.8 Å². The van der Waals surface area contributed by atoms with Gasteiger partial charge in [0.2, 0.25) is 0 Å². The van der Waals surface area contributed by atoms with Crippen LogP contribution in [0.5, 0.6) is 0 Å². The van der Waals surface area contributed by atoms with Crippen molar-refractivity contribution in [3.8, 4) is 0 Å². The van der Waals surface area contributed by atoms with Crippen molar-refractivity contribution < 1.29 is 0 Å². The topological polar surface area (TPSA) is 32.6 Å². The van der Waals surface area contributed by atoms with Crippen LogP contribution in [0, 0.1) is 0 Å². The number of imidazole rings is 1. The molecule has 2 heterocycles. The van der Waals surface area contributed by atoms with Crippen molar-refractivity contribution in [3.05, 3.63) is 30.1 Å². The maximum atomic E-state index is 4.87. The van der Waals surface area contributed by atoms with E-state index in [4.69, 9.17) is 4.98 Å². The second-order valence-electron chi connectivity index (χ2n) is 6.69. The Bertz CT molecular complexity index is 625. The van der Waals surface area contributed by atoms with Gasteiger partial charge in [-0.3, -0.25) is 0 Å². The predicted octanol–water partition coefficient (Wildman–Crippen LogP) is 3.21. The third-order valence-corrected chi connectivity index (χ3v) is 4.83. The zero-order valence-corrected chi connectivity index (χ0v) is 13.6. The van der Waals surface area contributed by atoms with Gasteiger partial charge in [-0.2, -0.15) is 0 Å². The van der Waals surface area contributed by atoms with Crippen LogP contribution in [0.4, 0.5) is 5.82 Å². The van der Waals surface area contributed by atoms with Crippen LogP contribution in [0.15, 0.2) is 24.4 Å². The lowest BCUT2D eigenvalue weighted by molar-refractivity contribution is 0.466. The number of nitrogens with zero attached hydrogens (tertiary/aromatic N) is 3. The van der Waals surface area contributed by atoms with Crippen LogP contribution in [-0.2, 0) is 6.54 Å². The van der Waals surface area contributed by atoms with Crippen molar-refractivity contribution in [2.45, 2.75) is 58.2 Å². The quantitative estimate of drug-likeness (QED) is 0.885. The number of nitrogens with one attached hydrogen (secondary N) is 1. The fourth-order valence-electron chi connectivity index (χ4n) is 2.52. The molecule has 1 N–H and O–H groups in total. The fourth-order valence-corrected chi connectivity index (χ4v) is 2.52. The molecule has 2 aromatic rings. The monoisotopic (exact) mass is 286 g/mol. The minimum absolute atomic E-state index is 0.103. The van der Waals surface area contributed by atoms with Gasteiger partial charge in [0.15, 0.2) is 5.82 Å². The Morgan fingerprint density at radius 1 is 1.38 bits per heavy atom. The molecule has 4 heteroatoms. The Balaban J connectivity index is 2.00. The number of hydrogen-bond acceptors (Lipinski definition) is 3. The van der Waals surface area contributed by atoms with Crippen molar-refractivity contribution >= 4 is 11.5 Å². The molecule has 2 aromatic heterocycles. The summed E-state index contributed by atoms with van der Waals surface area (Å²) in [4.78, 5) is 7.20. The molecule has 0 unspecified atom stereocenters. The average molecular weight is 286 g/mol. The maximum Gasteiger partial charge on any atom is 0.152 e. The van der Waals surface area contributed by atoms with Gasteiger partial charge in [0.1, 0.15) is 5.65 Å². The fraction of sp³-hybridized carbons (Fsp3) is 0.588. The van der Waals surface area contributed by atoms with E-state index >= 15 is 0 Å². The first kappa shape index (κ1) is 14.4. The van der Waals surface area contributed by atoms with Gasteiger partial charge in [0.25, 0.3) is 0 Å². The third-order valence-electron chi connectivity index (χ3n) is 4.83. The lowest BCUT2D eigenvalue weighted by Gasteiger charge is -2.35. The summed E-state index contributed by atoms with van der Waals surface area (Å²) in [5, 5.41) is 3.63. The molecule has 3 rings (SSSR count). The molecule has 1 aliphatic rings. The smallest absolute Gasteiger partial charge is 0.152 e. The Labute approximate surface area is 127 Å². The highest BCUT2D eigenvalue weighted by Crippen LogP contribution is 2.29. The van der Waals surface area contributed by atoms with Gasteiger partial charge in [-0.05, 0) is 45.2 Å². The van der Waals surface area contributed by atoms with Crippen LogP contribution in [-0.4, -0.2) is 28.0 Å². The first-order valence-electron chi connectivity index (χ1n) is 7.96. The van der Waals surface area contributed by atoms with Crippen LogP contribution < -0.4 is 10.2 Å². The molecule has 0 atom stereocenters. The predicted molar refractivity (Wildman–Crippen MR) is 87.8 cm³/mol. The molecule has 0 amide bonds. The van der Waals surface area contributed by atoms with E-state index < -0.39 is 0 Å². The highest BCUT2D eigenvalue weighted by Gasteiger charge is 2.28. The largest absolute Gasteiger partial charge is 0.353 e. The Morgan fingerprint density at radius 2 is 2.14 bits per heavy atom. The SMILES string of the molecule is CCC(C)(C)N(C)c1nc2ccccn2c1CNC1CC1. The van der Waals surface area contributed by atoms with Crippen LogP contribution in [0.3, 0.4) is 0 Å². The van der Waals surface area contributed by atoms with Gasteiger partial charge in [-0.15, -0.1) is 0 Å². The number of aromatic nitrogens is 2. The van der Waals surface area contributed by atoms with Crippen LogP contribution in [0.1, 0.15) is 45.7 Å². The first-order valence-corrected chi connectivity index (χ1v) is 7.96. The van der Waals surface area contributed by atoms with Crippen molar-refractivity contribution in [1.29, 1.82) is 0 Å². The minimum Gasteiger partial charge on any atom is -0.353 e. The van der Waals surface area contributed by atoms with E-state index in [9.17, 15) is 0 Å². The summed E-state index contributed by atoms with van der Waals surface area (Å²) in [5.41, 5.74) is 2.40. The number of pyridine rings is 1. The van der Waals surface area contributed by atoms with Gasteiger partial charge in [-0.1, -0.05) is 13.0 Å². The van der Waals surface area contributed by atoms with E-state index in [1.165, 1.54) is 18.5 Å². The summed E-state index contributed by atoms with van der Waals surface area (Å²) in [5.74, 6) is 1.10. The van der Waals surface area contributed by atoms with E-state index in [0.717, 1.165) is 24.4 Å². The van der Waals surface area contributed by atoms with Crippen molar-refractivity contribution in [2.24, 2.45) is 0 Å². The molecule has 21 heavy (non-hydrogen) atoms. The van der Waals surface area contributed by atoms with Crippen molar-refractivity contribution in [2.75, 3.05) is 11.9 Å². The standard InChI is InChI=1S/C17H26N4/c1-5-17(2,3)20(4)16-14(12-18-13-9-10-13)21-11-7-6-8-15(21)19-16/h6-8,11,13,18H,5,9-10,12H2,1-4H3. The molecule has 0 aliphatic heterocycles. The van der Waals surface area contributed by atoms with Gasteiger partial charge >= 0.3 is 0 Å². The lowest BCUT2D eigenvalue weighted by Crippen LogP contribution is -2.41. The minimum atomic E-state index is 0.103. The zero-order valence-electron chi connectivity index (χ0n) is 13.6. The second kappa shape index (κ2) is 5.34. The number of hydrogen-bond donors (Lipinski definition) is 1. The molecule has 0 saturated heterocycles. The summed E-state index contributed by atoms with van der Waals surface area (Å²) in [6.45, 7) is 7.66. The molecule has 1 saturated carbocycles. The number of rotatable bonds is 6. The maximum absolute atomic E-state index is 4.87. The first-order chi connectivity index (χ1) is 10.0. The van der Waals surface area contributed by atoms with Crippen LogP contribution in [0.2, 0.25) is 0 Å². The number of anilines is 1. The normalized spacial score (nSPS) is 15.6. The second-order valence-corrected chi connectivity index (χ2v) is 6.69. The molecule has 0 radical (unpaired) electrons. The molecule has 0 aromatic carbocycles. The zero-order chi connectivity index (χ0) is 15.0. The summed E-state index contributed by atoms with van der Waals surface area (Å²) in [6, 6.07) is 6.91. The molecule has 114 valence electrons. The van der Waals surface area contributed by atoms with Gasteiger partial charge in [0.05, 0.1) is 5.69 Å². The van der Waals surface area contributed by atoms with E-state index in [1.807, 2.05) is 0 Å². The highest BCUT2D eigenvalue weighted by molar-refractivity contribution is 5.56.